The van der Waals surface area contributed by atoms with E-state index in [0.29, 0.717) is 0 Å². The summed E-state index contributed by atoms with van der Waals surface area (Å²) in [6, 6.07) is 5.72. The minimum absolute atomic E-state index is 0.639. The third-order valence-electron chi connectivity index (χ3n) is 0.566. The second-order valence-corrected chi connectivity index (χ2v) is 4.75. The summed E-state index contributed by atoms with van der Waals surface area (Å²) in [5.74, 6) is 0. The quantitative estimate of drug-likeness (QED) is 0.707. The molecule has 0 amide bonds. The molecule has 0 aliphatic rings. The van der Waals surface area contributed by atoms with Crippen LogP contribution in [0.1, 0.15) is 0 Å². The molecule has 1 heterocycles. The molecular formula is C5H5Cl2NOs. The van der Waals surface area contributed by atoms with E-state index in [9.17, 15) is 0 Å². The molecule has 4 heteroatoms. The van der Waals surface area contributed by atoms with E-state index < -0.39 is 15.4 Å². The Labute approximate surface area is 70.2 Å². The Kier molecular flexibility index (Phi) is 8.71. The summed E-state index contributed by atoms with van der Waals surface area (Å²) in [6.07, 6.45) is 3.50. The average molecular weight is 340 g/mol. The van der Waals surface area contributed by atoms with Gasteiger partial charge in [-0.3, -0.25) is 4.98 Å². The third-order valence-corrected chi connectivity index (χ3v) is 0.566. The van der Waals surface area contributed by atoms with E-state index in [1.165, 1.54) is 0 Å². The molecule has 0 spiro atoms. The van der Waals surface area contributed by atoms with Crippen LogP contribution < -0.4 is 0 Å². The second kappa shape index (κ2) is 8.37. The van der Waals surface area contributed by atoms with Crippen LogP contribution in [0.3, 0.4) is 0 Å². The number of nitrogens with zero attached hydrogens (tertiary/aromatic N) is 1. The Morgan fingerprint density at radius 2 is 1.44 bits per heavy atom. The number of rotatable bonds is 0. The van der Waals surface area contributed by atoms with Gasteiger partial charge in [0.05, 0.1) is 0 Å². The fraction of sp³-hybridized carbons (Fsp3) is 0. The molecule has 0 saturated carbocycles. The first-order valence-corrected chi connectivity index (χ1v) is 8.41. The van der Waals surface area contributed by atoms with Crippen molar-refractivity contribution < 1.29 is 15.4 Å². The molecule has 1 rings (SSSR count). The largest absolute Gasteiger partial charge is 0.265 e. The van der Waals surface area contributed by atoms with E-state index >= 15 is 0 Å². The number of aromatic nitrogens is 1. The van der Waals surface area contributed by atoms with Crippen molar-refractivity contribution in [2.75, 3.05) is 0 Å². The Morgan fingerprint density at radius 3 is 1.56 bits per heavy atom. The zero-order chi connectivity index (χ0) is 6.95. The van der Waals surface area contributed by atoms with E-state index in [1.807, 2.05) is 18.2 Å². The molecule has 1 nitrogen and oxygen atoms in total. The molecule has 0 aliphatic heterocycles. The summed E-state index contributed by atoms with van der Waals surface area (Å²) in [7, 11) is 9.81. The van der Waals surface area contributed by atoms with Gasteiger partial charge in [-0.15, -0.1) is 0 Å². The predicted molar refractivity (Wildman–Crippen MR) is 35.9 cm³/mol. The smallest absolute Gasteiger partial charge is 0.0267 e. The zero-order valence-electron chi connectivity index (χ0n) is 4.44. The van der Waals surface area contributed by atoms with Gasteiger partial charge in [-0.05, 0) is 12.1 Å². The molecule has 0 atom stereocenters. The number of hydrogen-bond donors (Lipinski definition) is 0. The molecule has 52 valence electrons. The van der Waals surface area contributed by atoms with E-state index in [1.54, 1.807) is 12.4 Å². The molecule has 1 aromatic heterocycles. The molecule has 0 fully saturated rings. The summed E-state index contributed by atoms with van der Waals surface area (Å²) >= 11 is -0.639. The Morgan fingerprint density at radius 1 is 1.00 bits per heavy atom. The molecule has 0 unspecified atom stereocenters. The monoisotopic (exact) mass is 341 g/mol. The first-order valence-electron chi connectivity index (χ1n) is 2.12. The van der Waals surface area contributed by atoms with Crippen molar-refractivity contribution in [3.05, 3.63) is 30.6 Å². The molecule has 0 saturated heterocycles. The Hall–Kier alpha value is 0.366. The van der Waals surface area contributed by atoms with Gasteiger partial charge in [-0.2, -0.15) is 0 Å². The Balaban J connectivity index is 0.000000187. The molecular weight excluding hydrogens is 335 g/mol. The maximum absolute atomic E-state index is 4.90. The SMILES string of the molecule is [Cl][Os][Cl].c1ccncc1. The summed E-state index contributed by atoms with van der Waals surface area (Å²) in [5, 5.41) is 0. The summed E-state index contributed by atoms with van der Waals surface area (Å²) < 4.78 is 0. The molecule has 0 radical (unpaired) electrons. The molecule has 0 bridgehead atoms. The van der Waals surface area contributed by atoms with Gasteiger partial charge in [0.25, 0.3) is 0 Å². The minimum Gasteiger partial charge on any atom is -0.265 e. The van der Waals surface area contributed by atoms with Crippen LogP contribution in [-0.4, -0.2) is 4.98 Å². The van der Waals surface area contributed by atoms with Crippen LogP contribution >= 0.6 is 19.3 Å². The van der Waals surface area contributed by atoms with Gasteiger partial charge in [0.1, 0.15) is 0 Å². The maximum Gasteiger partial charge on any atom is 0.0267 e. The number of pyridine rings is 1. The molecule has 0 aromatic carbocycles. The van der Waals surface area contributed by atoms with Crippen LogP contribution in [0.25, 0.3) is 0 Å². The van der Waals surface area contributed by atoms with E-state index in [2.05, 4.69) is 4.98 Å². The van der Waals surface area contributed by atoms with Crippen LogP contribution in [0.15, 0.2) is 30.6 Å². The third kappa shape index (κ3) is 8.37. The van der Waals surface area contributed by atoms with Crippen LogP contribution in [0, 0.1) is 0 Å². The maximum atomic E-state index is 4.90. The van der Waals surface area contributed by atoms with Crippen LogP contribution in [0.5, 0.6) is 0 Å². The molecule has 1 aromatic rings. The van der Waals surface area contributed by atoms with Crippen LogP contribution in [0.2, 0.25) is 0 Å². The first-order chi connectivity index (χ1) is 4.41. The zero-order valence-corrected chi connectivity index (χ0v) is 8.50. The molecule has 9 heavy (non-hydrogen) atoms. The van der Waals surface area contributed by atoms with Crippen molar-refractivity contribution in [1.82, 2.24) is 4.98 Å². The van der Waals surface area contributed by atoms with Crippen molar-refractivity contribution in [2.24, 2.45) is 0 Å². The van der Waals surface area contributed by atoms with E-state index in [4.69, 9.17) is 19.3 Å². The summed E-state index contributed by atoms with van der Waals surface area (Å²) in [4.78, 5) is 3.78. The van der Waals surface area contributed by atoms with Crippen molar-refractivity contribution in [3.8, 4) is 0 Å². The fourth-order valence-electron chi connectivity index (χ4n) is 0.313. The predicted octanol–water partition coefficient (Wildman–Crippen LogP) is 2.46. The summed E-state index contributed by atoms with van der Waals surface area (Å²) in [5.41, 5.74) is 0. The second-order valence-electron chi connectivity index (χ2n) is 1.08. The molecule has 0 N–H and O–H groups in total. The van der Waals surface area contributed by atoms with Crippen molar-refractivity contribution in [1.29, 1.82) is 0 Å². The van der Waals surface area contributed by atoms with E-state index in [-0.39, 0.29) is 0 Å². The number of hydrogen-bond acceptors (Lipinski definition) is 1. The van der Waals surface area contributed by atoms with Gasteiger partial charge in [0.2, 0.25) is 0 Å². The number of halogens is 2. The van der Waals surface area contributed by atoms with Gasteiger partial charge in [0.15, 0.2) is 0 Å². The van der Waals surface area contributed by atoms with Gasteiger partial charge >= 0.3 is 34.7 Å². The first kappa shape index (κ1) is 9.37. The van der Waals surface area contributed by atoms with Crippen molar-refractivity contribution >= 4 is 19.3 Å². The Bertz CT molecular complexity index is 97.8. The topological polar surface area (TPSA) is 12.9 Å². The van der Waals surface area contributed by atoms with Crippen molar-refractivity contribution in [2.45, 2.75) is 0 Å². The van der Waals surface area contributed by atoms with Gasteiger partial charge in [0, 0.05) is 12.4 Å². The van der Waals surface area contributed by atoms with E-state index in [0.717, 1.165) is 0 Å². The minimum atomic E-state index is -0.639. The summed E-state index contributed by atoms with van der Waals surface area (Å²) in [6.45, 7) is 0. The van der Waals surface area contributed by atoms with Gasteiger partial charge in [-0.1, -0.05) is 6.07 Å². The van der Waals surface area contributed by atoms with Crippen molar-refractivity contribution in [3.63, 3.8) is 0 Å². The van der Waals surface area contributed by atoms with Crippen LogP contribution in [0.4, 0.5) is 0 Å². The average Bonchev–Trinajstić information content (AvgIpc) is 1.93. The molecule has 0 aliphatic carbocycles. The fourth-order valence-corrected chi connectivity index (χ4v) is 0.313. The standard InChI is InChI=1S/C5H5N.2ClH.Os/c1-2-4-6-5-3-1;;;/h1-5H;2*1H;/q;;;+2/p-2. The normalized spacial score (nSPS) is 7.78. The van der Waals surface area contributed by atoms with Gasteiger partial charge in [-0.25, -0.2) is 0 Å². The van der Waals surface area contributed by atoms with Gasteiger partial charge < -0.3 is 0 Å². The van der Waals surface area contributed by atoms with Crippen LogP contribution in [-0.2, 0) is 15.4 Å².